The molecule has 0 aliphatic carbocycles. The molecule has 1 saturated heterocycles. The number of nitrogens with zero attached hydrogens (tertiary/aromatic N) is 3. The van der Waals surface area contributed by atoms with E-state index in [9.17, 15) is 4.79 Å². The van der Waals surface area contributed by atoms with Crippen LogP contribution in [0.15, 0.2) is 18.2 Å². The topological polar surface area (TPSA) is 56.6 Å². The number of carbonyl (C=O) groups is 1. The van der Waals surface area contributed by atoms with E-state index in [2.05, 4.69) is 11.0 Å². The third-order valence-electron chi connectivity index (χ3n) is 4.40. The maximum atomic E-state index is 12.2. The average Bonchev–Trinajstić information content (AvgIpc) is 3.11. The Hall–Kier alpha value is -2.22. The highest BCUT2D eigenvalue weighted by Crippen LogP contribution is 2.33. The largest absolute Gasteiger partial charge is 0.444 e. The molecule has 0 radical (unpaired) electrons. The van der Waals surface area contributed by atoms with E-state index < -0.39 is 5.60 Å². The van der Waals surface area contributed by atoms with Crippen molar-refractivity contribution in [2.45, 2.75) is 45.3 Å². The lowest BCUT2D eigenvalue weighted by molar-refractivity contribution is 0.0292. The summed E-state index contributed by atoms with van der Waals surface area (Å²) in [6.45, 7) is 8.07. The smallest absolute Gasteiger partial charge is 0.410 e. The van der Waals surface area contributed by atoms with Crippen LogP contribution in [0.25, 0.3) is 0 Å². The van der Waals surface area contributed by atoms with Crippen LogP contribution in [0, 0.1) is 11.3 Å². The molecule has 0 N–H and O–H groups in total. The molecule has 2 heterocycles. The van der Waals surface area contributed by atoms with Gasteiger partial charge in [0.2, 0.25) is 0 Å². The van der Waals surface area contributed by atoms with Gasteiger partial charge in [-0.1, -0.05) is 0 Å². The van der Waals surface area contributed by atoms with Crippen molar-refractivity contribution in [3.63, 3.8) is 0 Å². The lowest BCUT2D eigenvalue weighted by atomic mass is 10.1. The SMILES string of the molecule is CC(C)(C)OC(=O)N1CCC(N2CCc3cc(C#N)ccc32)C1. The van der Waals surface area contributed by atoms with Gasteiger partial charge in [0.1, 0.15) is 5.60 Å². The van der Waals surface area contributed by atoms with E-state index in [1.807, 2.05) is 39.0 Å². The van der Waals surface area contributed by atoms with Crippen molar-refractivity contribution in [2.75, 3.05) is 24.5 Å². The number of ether oxygens (including phenoxy) is 1. The molecule has 23 heavy (non-hydrogen) atoms. The number of likely N-dealkylation sites (tertiary alicyclic amines) is 1. The van der Waals surface area contributed by atoms with Gasteiger partial charge in [-0.2, -0.15) is 5.26 Å². The standard InChI is InChI=1S/C18H23N3O2/c1-18(2,3)23-17(22)20-8-7-15(12-20)21-9-6-14-10-13(11-19)4-5-16(14)21/h4-5,10,15H,6-9,12H2,1-3H3. The fraction of sp³-hybridized carbons (Fsp3) is 0.556. The third-order valence-corrected chi connectivity index (χ3v) is 4.40. The Bertz CT molecular complexity index is 657. The van der Waals surface area contributed by atoms with E-state index >= 15 is 0 Å². The summed E-state index contributed by atoms with van der Waals surface area (Å²) in [5.74, 6) is 0. The molecule has 1 fully saturated rings. The molecule has 2 aliphatic rings. The fourth-order valence-electron chi connectivity index (χ4n) is 3.36. The molecule has 1 atom stereocenters. The summed E-state index contributed by atoms with van der Waals surface area (Å²) >= 11 is 0. The van der Waals surface area contributed by atoms with Crippen LogP contribution in [0.5, 0.6) is 0 Å². The number of hydrogen-bond donors (Lipinski definition) is 0. The second-order valence-electron chi connectivity index (χ2n) is 7.27. The average molecular weight is 313 g/mol. The molecule has 3 rings (SSSR count). The third kappa shape index (κ3) is 3.26. The van der Waals surface area contributed by atoms with E-state index in [4.69, 9.17) is 10.00 Å². The molecule has 0 saturated carbocycles. The summed E-state index contributed by atoms with van der Waals surface area (Å²) < 4.78 is 5.46. The first kappa shape index (κ1) is 15.7. The van der Waals surface area contributed by atoms with Crippen molar-refractivity contribution >= 4 is 11.8 Å². The number of anilines is 1. The van der Waals surface area contributed by atoms with Gasteiger partial charge in [0, 0.05) is 31.4 Å². The Balaban J connectivity index is 1.68. The monoisotopic (exact) mass is 313 g/mol. The van der Waals surface area contributed by atoms with Crippen LogP contribution in [-0.2, 0) is 11.2 Å². The van der Waals surface area contributed by atoms with Crippen LogP contribution in [-0.4, -0.2) is 42.3 Å². The molecular weight excluding hydrogens is 290 g/mol. The van der Waals surface area contributed by atoms with Crippen molar-refractivity contribution in [1.29, 1.82) is 5.26 Å². The molecular formula is C18H23N3O2. The molecule has 0 aromatic heterocycles. The van der Waals surface area contributed by atoms with Gasteiger partial charge in [-0.25, -0.2) is 4.79 Å². The Morgan fingerprint density at radius 3 is 2.83 bits per heavy atom. The Morgan fingerprint density at radius 1 is 1.35 bits per heavy atom. The van der Waals surface area contributed by atoms with Crippen molar-refractivity contribution in [3.05, 3.63) is 29.3 Å². The van der Waals surface area contributed by atoms with Crippen molar-refractivity contribution in [1.82, 2.24) is 4.90 Å². The second kappa shape index (κ2) is 5.77. The van der Waals surface area contributed by atoms with E-state index in [1.54, 1.807) is 4.90 Å². The zero-order chi connectivity index (χ0) is 16.6. The zero-order valence-corrected chi connectivity index (χ0v) is 14.0. The molecule has 1 aromatic rings. The molecule has 0 bridgehead atoms. The number of hydrogen-bond acceptors (Lipinski definition) is 4. The highest BCUT2D eigenvalue weighted by atomic mass is 16.6. The maximum absolute atomic E-state index is 12.2. The van der Waals surface area contributed by atoms with Gasteiger partial charge in [0.15, 0.2) is 0 Å². The number of rotatable bonds is 1. The molecule has 5 nitrogen and oxygen atoms in total. The second-order valence-corrected chi connectivity index (χ2v) is 7.27. The molecule has 1 unspecified atom stereocenters. The number of nitriles is 1. The molecule has 0 spiro atoms. The Morgan fingerprint density at radius 2 is 2.13 bits per heavy atom. The van der Waals surface area contributed by atoms with Crippen LogP contribution in [0.1, 0.15) is 38.3 Å². The summed E-state index contributed by atoms with van der Waals surface area (Å²) in [5, 5.41) is 9.01. The summed E-state index contributed by atoms with van der Waals surface area (Å²) in [5.41, 5.74) is 2.70. The van der Waals surface area contributed by atoms with Crippen LogP contribution in [0.4, 0.5) is 10.5 Å². The summed E-state index contributed by atoms with van der Waals surface area (Å²) in [6, 6.07) is 8.42. The van der Waals surface area contributed by atoms with Crippen molar-refractivity contribution < 1.29 is 9.53 Å². The van der Waals surface area contributed by atoms with Gasteiger partial charge in [0.25, 0.3) is 0 Å². The van der Waals surface area contributed by atoms with Gasteiger partial charge in [-0.05, 0) is 57.4 Å². The minimum absolute atomic E-state index is 0.223. The van der Waals surface area contributed by atoms with Crippen LogP contribution in [0.3, 0.4) is 0 Å². The Kier molecular flexibility index (Phi) is 3.93. The zero-order valence-electron chi connectivity index (χ0n) is 14.0. The number of amides is 1. The molecule has 1 aromatic carbocycles. The van der Waals surface area contributed by atoms with Gasteiger partial charge in [0.05, 0.1) is 11.6 Å². The molecule has 2 aliphatic heterocycles. The number of fused-ring (bicyclic) bond motifs is 1. The Labute approximate surface area is 137 Å². The van der Waals surface area contributed by atoms with Gasteiger partial charge < -0.3 is 14.5 Å². The minimum Gasteiger partial charge on any atom is -0.444 e. The van der Waals surface area contributed by atoms with E-state index in [0.29, 0.717) is 18.2 Å². The number of carbonyl (C=O) groups excluding carboxylic acids is 1. The van der Waals surface area contributed by atoms with E-state index in [1.165, 1.54) is 11.3 Å². The first-order chi connectivity index (χ1) is 10.9. The molecule has 5 heteroatoms. The highest BCUT2D eigenvalue weighted by Gasteiger charge is 2.35. The lowest BCUT2D eigenvalue weighted by Gasteiger charge is -2.28. The van der Waals surface area contributed by atoms with Gasteiger partial charge >= 0.3 is 6.09 Å². The first-order valence-electron chi connectivity index (χ1n) is 8.15. The van der Waals surface area contributed by atoms with E-state index in [0.717, 1.165) is 25.9 Å². The van der Waals surface area contributed by atoms with Gasteiger partial charge in [-0.15, -0.1) is 0 Å². The fourth-order valence-corrected chi connectivity index (χ4v) is 3.36. The number of benzene rings is 1. The first-order valence-corrected chi connectivity index (χ1v) is 8.15. The summed E-state index contributed by atoms with van der Waals surface area (Å²) in [7, 11) is 0. The van der Waals surface area contributed by atoms with Crippen molar-refractivity contribution in [3.8, 4) is 6.07 Å². The predicted molar refractivity (Wildman–Crippen MR) is 88.4 cm³/mol. The van der Waals surface area contributed by atoms with Crippen molar-refractivity contribution in [2.24, 2.45) is 0 Å². The van der Waals surface area contributed by atoms with Crippen LogP contribution in [0.2, 0.25) is 0 Å². The minimum atomic E-state index is -0.455. The highest BCUT2D eigenvalue weighted by molar-refractivity contribution is 5.69. The molecule has 1 amide bonds. The predicted octanol–water partition coefficient (Wildman–Crippen LogP) is 2.93. The van der Waals surface area contributed by atoms with Gasteiger partial charge in [-0.3, -0.25) is 0 Å². The summed E-state index contributed by atoms with van der Waals surface area (Å²) in [4.78, 5) is 16.4. The quantitative estimate of drug-likeness (QED) is 0.800. The normalized spacial score (nSPS) is 20.3. The van der Waals surface area contributed by atoms with Crippen LogP contribution >= 0.6 is 0 Å². The lowest BCUT2D eigenvalue weighted by Crippen LogP contribution is -2.40. The molecule has 122 valence electrons. The van der Waals surface area contributed by atoms with E-state index in [-0.39, 0.29) is 6.09 Å². The maximum Gasteiger partial charge on any atom is 0.410 e. The summed E-state index contributed by atoms with van der Waals surface area (Å²) in [6.07, 6.45) is 1.70. The van der Waals surface area contributed by atoms with Crippen LogP contribution < -0.4 is 4.90 Å².